The number of hydrogen-bond acceptors (Lipinski definition) is 4. The zero-order chi connectivity index (χ0) is 18.5. The molecular weight excluding hydrogens is 350 g/mol. The summed E-state index contributed by atoms with van der Waals surface area (Å²) >= 11 is 5.97. The molecule has 0 aliphatic carbocycles. The van der Waals surface area contributed by atoms with Crippen molar-refractivity contribution in [2.45, 2.75) is 20.3 Å². The molecule has 134 valence electrons. The first-order valence-corrected chi connectivity index (χ1v) is 8.90. The van der Waals surface area contributed by atoms with Crippen LogP contribution in [-0.2, 0) is 9.53 Å². The molecule has 1 aliphatic rings. The second kappa shape index (κ2) is 8.19. The van der Waals surface area contributed by atoms with Crippen LogP contribution in [0.1, 0.15) is 31.4 Å². The van der Waals surface area contributed by atoms with Crippen molar-refractivity contribution >= 4 is 29.5 Å². The molecule has 0 N–H and O–H groups in total. The Morgan fingerprint density at radius 2 is 1.96 bits per heavy atom. The van der Waals surface area contributed by atoms with E-state index >= 15 is 0 Å². The van der Waals surface area contributed by atoms with Gasteiger partial charge in [0.05, 0.1) is 6.61 Å². The maximum atomic E-state index is 12.1. The molecule has 0 amide bonds. The van der Waals surface area contributed by atoms with Crippen molar-refractivity contribution in [1.29, 1.82) is 0 Å². The van der Waals surface area contributed by atoms with E-state index in [4.69, 9.17) is 21.1 Å². The predicted molar refractivity (Wildman–Crippen MR) is 103 cm³/mol. The molecule has 3 rings (SSSR count). The normalized spacial score (nSPS) is 15.3. The quantitative estimate of drug-likeness (QED) is 0.525. The van der Waals surface area contributed by atoms with Crippen molar-refractivity contribution in [2.75, 3.05) is 6.61 Å². The van der Waals surface area contributed by atoms with Gasteiger partial charge in [-0.15, -0.1) is 0 Å². The lowest BCUT2D eigenvalue weighted by Crippen LogP contribution is -2.05. The third-order valence-electron chi connectivity index (χ3n) is 3.84. The average Bonchev–Trinajstić information content (AvgIpc) is 2.97. The van der Waals surface area contributed by atoms with Crippen LogP contribution in [0, 0.1) is 5.92 Å². The molecule has 0 saturated heterocycles. The van der Waals surface area contributed by atoms with Crippen LogP contribution in [0.3, 0.4) is 0 Å². The van der Waals surface area contributed by atoms with Gasteiger partial charge in [-0.3, -0.25) is 0 Å². The Kier molecular flexibility index (Phi) is 5.74. The highest BCUT2D eigenvalue weighted by molar-refractivity contribution is 6.31. The molecular formula is C21H20ClNO3. The SMILES string of the molecule is CC(C)CCOc1ccc(/C=C2\N=C(c3cccc(Cl)c3)OC2=O)cc1. The number of aliphatic imine (C=N–C) groups is 1. The average molecular weight is 370 g/mol. The summed E-state index contributed by atoms with van der Waals surface area (Å²) in [6, 6.07) is 14.6. The molecule has 0 saturated carbocycles. The highest BCUT2D eigenvalue weighted by Gasteiger charge is 2.24. The van der Waals surface area contributed by atoms with Crippen molar-refractivity contribution in [2.24, 2.45) is 10.9 Å². The molecule has 0 unspecified atom stereocenters. The molecule has 0 radical (unpaired) electrons. The zero-order valence-electron chi connectivity index (χ0n) is 14.7. The molecule has 1 heterocycles. The van der Waals surface area contributed by atoms with E-state index in [0.29, 0.717) is 23.1 Å². The van der Waals surface area contributed by atoms with E-state index in [0.717, 1.165) is 17.7 Å². The minimum atomic E-state index is -0.475. The van der Waals surface area contributed by atoms with Crippen molar-refractivity contribution in [3.63, 3.8) is 0 Å². The second-order valence-electron chi connectivity index (χ2n) is 6.45. The van der Waals surface area contributed by atoms with Gasteiger partial charge in [-0.2, -0.15) is 0 Å². The topological polar surface area (TPSA) is 47.9 Å². The Hall–Kier alpha value is -2.59. The van der Waals surface area contributed by atoms with E-state index in [1.807, 2.05) is 24.3 Å². The lowest BCUT2D eigenvalue weighted by atomic mass is 10.1. The molecule has 5 heteroatoms. The molecule has 4 nitrogen and oxygen atoms in total. The number of ether oxygens (including phenoxy) is 2. The van der Waals surface area contributed by atoms with E-state index in [-0.39, 0.29) is 11.6 Å². The number of nitrogens with zero attached hydrogens (tertiary/aromatic N) is 1. The molecule has 1 aliphatic heterocycles. The molecule has 0 bridgehead atoms. The van der Waals surface area contributed by atoms with Crippen LogP contribution < -0.4 is 4.74 Å². The summed E-state index contributed by atoms with van der Waals surface area (Å²) in [5, 5.41) is 0.562. The number of benzene rings is 2. The van der Waals surface area contributed by atoms with E-state index in [1.165, 1.54) is 0 Å². The van der Waals surface area contributed by atoms with Gasteiger partial charge in [-0.05, 0) is 54.3 Å². The molecule has 0 fully saturated rings. The maximum absolute atomic E-state index is 12.1. The highest BCUT2D eigenvalue weighted by atomic mass is 35.5. The predicted octanol–water partition coefficient (Wildman–Crippen LogP) is 5.11. The minimum absolute atomic E-state index is 0.258. The monoisotopic (exact) mass is 369 g/mol. The highest BCUT2D eigenvalue weighted by Crippen LogP contribution is 2.22. The van der Waals surface area contributed by atoms with Gasteiger partial charge in [0.25, 0.3) is 0 Å². The zero-order valence-corrected chi connectivity index (χ0v) is 15.5. The van der Waals surface area contributed by atoms with Crippen molar-refractivity contribution < 1.29 is 14.3 Å². The van der Waals surface area contributed by atoms with Crippen LogP contribution in [0.2, 0.25) is 5.02 Å². The molecule has 0 aromatic heterocycles. The van der Waals surface area contributed by atoms with Gasteiger partial charge in [0.2, 0.25) is 5.90 Å². The van der Waals surface area contributed by atoms with Crippen molar-refractivity contribution in [3.8, 4) is 5.75 Å². The standard InChI is InChI=1S/C21H20ClNO3/c1-14(2)10-11-25-18-8-6-15(7-9-18)12-19-21(24)26-20(23-19)16-4-3-5-17(22)13-16/h3-9,12-14H,10-11H2,1-2H3/b19-12-. The lowest BCUT2D eigenvalue weighted by Gasteiger charge is -2.08. The molecule has 0 atom stereocenters. The van der Waals surface area contributed by atoms with Gasteiger partial charge in [0.1, 0.15) is 5.75 Å². The van der Waals surface area contributed by atoms with Crippen LogP contribution in [0.4, 0.5) is 0 Å². The first kappa shape index (κ1) is 18.2. The third-order valence-corrected chi connectivity index (χ3v) is 4.07. The van der Waals surface area contributed by atoms with E-state index < -0.39 is 5.97 Å². The van der Waals surface area contributed by atoms with Gasteiger partial charge in [0.15, 0.2) is 5.70 Å². The lowest BCUT2D eigenvalue weighted by molar-refractivity contribution is -0.129. The molecule has 26 heavy (non-hydrogen) atoms. The van der Waals surface area contributed by atoms with Crippen LogP contribution >= 0.6 is 11.6 Å². The molecule has 2 aromatic carbocycles. The summed E-state index contributed by atoms with van der Waals surface area (Å²) in [6.45, 7) is 5.02. The fourth-order valence-electron chi connectivity index (χ4n) is 2.38. The summed E-state index contributed by atoms with van der Waals surface area (Å²) in [7, 11) is 0. The van der Waals surface area contributed by atoms with Gasteiger partial charge in [0, 0.05) is 10.6 Å². The fraction of sp³-hybridized carbons (Fsp3) is 0.238. The van der Waals surface area contributed by atoms with Crippen LogP contribution in [0.15, 0.2) is 59.2 Å². The third kappa shape index (κ3) is 4.73. The summed E-state index contributed by atoms with van der Waals surface area (Å²) < 4.78 is 10.9. The largest absolute Gasteiger partial charge is 0.494 e. The van der Waals surface area contributed by atoms with Gasteiger partial charge < -0.3 is 9.47 Å². The van der Waals surface area contributed by atoms with Gasteiger partial charge in [-0.25, -0.2) is 9.79 Å². The summed E-state index contributed by atoms with van der Waals surface area (Å²) in [6.07, 6.45) is 2.70. The Balaban J connectivity index is 1.72. The van der Waals surface area contributed by atoms with Gasteiger partial charge >= 0.3 is 5.97 Å². The summed E-state index contributed by atoms with van der Waals surface area (Å²) in [5.74, 6) is 1.21. The van der Waals surface area contributed by atoms with E-state index in [9.17, 15) is 4.79 Å². The molecule has 2 aromatic rings. The Morgan fingerprint density at radius 1 is 1.19 bits per heavy atom. The maximum Gasteiger partial charge on any atom is 0.363 e. The van der Waals surface area contributed by atoms with E-state index in [1.54, 1.807) is 30.3 Å². The smallest absolute Gasteiger partial charge is 0.363 e. The summed E-state index contributed by atoms with van der Waals surface area (Å²) in [5.41, 5.74) is 1.78. The Labute approximate surface area is 158 Å². The summed E-state index contributed by atoms with van der Waals surface area (Å²) in [4.78, 5) is 16.3. The van der Waals surface area contributed by atoms with Gasteiger partial charge in [-0.1, -0.05) is 43.6 Å². The Morgan fingerprint density at radius 3 is 2.65 bits per heavy atom. The number of carbonyl (C=O) groups is 1. The molecule has 0 spiro atoms. The van der Waals surface area contributed by atoms with Crippen molar-refractivity contribution in [3.05, 3.63) is 70.4 Å². The number of cyclic esters (lactones) is 1. The Bertz CT molecular complexity index is 854. The number of rotatable bonds is 6. The van der Waals surface area contributed by atoms with Crippen LogP contribution in [0.5, 0.6) is 5.75 Å². The van der Waals surface area contributed by atoms with Crippen LogP contribution in [0.25, 0.3) is 6.08 Å². The number of halogens is 1. The second-order valence-corrected chi connectivity index (χ2v) is 6.88. The fourth-order valence-corrected chi connectivity index (χ4v) is 2.58. The van der Waals surface area contributed by atoms with E-state index in [2.05, 4.69) is 18.8 Å². The minimum Gasteiger partial charge on any atom is -0.494 e. The van der Waals surface area contributed by atoms with Crippen LogP contribution in [-0.4, -0.2) is 18.5 Å². The number of hydrogen-bond donors (Lipinski definition) is 0. The number of esters is 1. The number of carbonyl (C=O) groups excluding carboxylic acids is 1. The first-order valence-electron chi connectivity index (χ1n) is 8.52. The first-order chi connectivity index (χ1) is 12.5. The van der Waals surface area contributed by atoms with Crippen molar-refractivity contribution in [1.82, 2.24) is 0 Å².